The van der Waals surface area contributed by atoms with Gasteiger partial charge in [0.05, 0.1) is 6.61 Å². The van der Waals surface area contributed by atoms with Gasteiger partial charge in [0, 0.05) is 31.8 Å². The van der Waals surface area contributed by atoms with Crippen molar-refractivity contribution in [2.24, 2.45) is 0 Å². The number of ether oxygens (including phenoxy) is 1. The lowest BCUT2D eigenvalue weighted by molar-refractivity contribution is 0.139. The van der Waals surface area contributed by atoms with Crippen LogP contribution in [0.1, 0.15) is 34.1 Å². The zero-order valence-corrected chi connectivity index (χ0v) is 11.3. The Morgan fingerprint density at radius 3 is 2.47 bits per heavy atom. The number of hydrogen-bond donors (Lipinski definition) is 1. The second-order valence-electron chi connectivity index (χ2n) is 4.94. The molecule has 1 unspecified atom stereocenters. The van der Waals surface area contributed by atoms with Crippen LogP contribution in [-0.2, 0) is 4.74 Å². The second kappa shape index (κ2) is 7.20. The van der Waals surface area contributed by atoms with Crippen LogP contribution in [0.3, 0.4) is 0 Å². The molecule has 0 heterocycles. The Hall–Kier alpha value is -0.120. The number of nitrogens with zero attached hydrogens (tertiary/aromatic N) is 1. The molecule has 92 valence electrons. The quantitative estimate of drug-likeness (QED) is 0.669. The molecule has 0 aliphatic rings. The van der Waals surface area contributed by atoms with E-state index in [-0.39, 0.29) is 5.54 Å². The van der Waals surface area contributed by atoms with Gasteiger partial charge >= 0.3 is 0 Å². The van der Waals surface area contributed by atoms with Gasteiger partial charge in [0.15, 0.2) is 0 Å². The Bertz CT molecular complexity index is 160. The first-order valence-electron chi connectivity index (χ1n) is 5.87. The maximum atomic E-state index is 5.07. The van der Waals surface area contributed by atoms with Crippen molar-refractivity contribution in [3.63, 3.8) is 0 Å². The first-order chi connectivity index (χ1) is 6.93. The van der Waals surface area contributed by atoms with Gasteiger partial charge in [-0.05, 0) is 34.2 Å². The predicted molar refractivity (Wildman–Crippen MR) is 66.3 cm³/mol. The maximum Gasteiger partial charge on any atom is 0.0589 e. The molecule has 0 aromatic carbocycles. The first kappa shape index (κ1) is 14.9. The first-order valence-corrected chi connectivity index (χ1v) is 5.87. The lowest BCUT2D eigenvalue weighted by Crippen LogP contribution is -2.47. The van der Waals surface area contributed by atoms with Crippen LogP contribution in [0.5, 0.6) is 0 Å². The van der Waals surface area contributed by atoms with Gasteiger partial charge in [-0.25, -0.2) is 0 Å². The van der Waals surface area contributed by atoms with Crippen LogP contribution in [0.15, 0.2) is 0 Å². The highest BCUT2D eigenvalue weighted by atomic mass is 16.5. The third kappa shape index (κ3) is 6.88. The Morgan fingerprint density at radius 2 is 2.00 bits per heavy atom. The molecule has 0 aliphatic heterocycles. The fraction of sp³-hybridized carbons (Fsp3) is 1.00. The molecule has 0 rings (SSSR count). The van der Waals surface area contributed by atoms with E-state index in [1.807, 2.05) is 0 Å². The third-order valence-electron chi connectivity index (χ3n) is 3.16. The minimum Gasteiger partial charge on any atom is -0.383 e. The average molecular weight is 216 g/mol. The van der Waals surface area contributed by atoms with E-state index in [1.165, 1.54) is 0 Å². The van der Waals surface area contributed by atoms with Gasteiger partial charge in [0.25, 0.3) is 0 Å². The molecule has 0 aromatic heterocycles. The number of likely N-dealkylation sites (N-methyl/N-ethyl adjacent to an activating group) is 1. The van der Waals surface area contributed by atoms with Crippen molar-refractivity contribution in [3.8, 4) is 0 Å². The van der Waals surface area contributed by atoms with Crippen LogP contribution in [0.25, 0.3) is 0 Å². The van der Waals surface area contributed by atoms with Crippen LogP contribution in [-0.4, -0.2) is 50.3 Å². The molecule has 0 amide bonds. The fourth-order valence-electron chi connectivity index (χ4n) is 1.16. The summed E-state index contributed by atoms with van der Waals surface area (Å²) >= 11 is 0. The summed E-state index contributed by atoms with van der Waals surface area (Å²) in [5.74, 6) is 0. The molecule has 0 spiro atoms. The highest BCUT2D eigenvalue weighted by molar-refractivity contribution is 4.78. The molecule has 0 fully saturated rings. The van der Waals surface area contributed by atoms with E-state index in [0.29, 0.717) is 6.04 Å². The van der Waals surface area contributed by atoms with E-state index in [2.05, 4.69) is 45.0 Å². The summed E-state index contributed by atoms with van der Waals surface area (Å²) in [5.41, 5.74) is 0.246. The number of methoxy groups -OCH3 is 1. The van der Waals surface area contributed by atoms with Crippen molar-refractivity contribution in [1.82, 2.24) is 10.2 Å². The Kier molecular flexibility index (Phi) is 7.14. The molecule has 3 nitrogen and oxygen atoms in total. The Balaban J connectivity index is 3.77. The summed E-state index contributed by atoms with van der Waals surface area (Å²) in [4.78, 5) is 2.32. The van der Waals surface area contributed by atoms with Crippen LogP contribution >= 0.6 is 0 Å². The van der Waals surface area contributed by atoms with Gasteiger partial charge in [-0.2, -0.15) is 0 Å². The summed E-state index contributed by atoms with van der Waals surface area (Å²) in [6.45, 7) is 11.8. The molecular formula is C12H28N2O. The highest BCUT2D eigenvalue weighted by Crippen LogP contribution is 2.07. The SMILES string of the molecule is CCC(C)(C)NCC(C)N(C)CCOC. The fourth-order valence-corrected chi connectivity index (χ4v) is 1.16. The third-order valence-corrected chi connectivity index (χ3v) is 3.16. The molecule has 0 bridgehead atoms. The van der Waals surface area contributed by atoms with Crippen molar-refractivity contribution >= 4 is 0 Å². The van der Waals surface area contributed by atoms with Crippen molar-refractivity contribution in [1.29, 1.82) is 0 Å². The summed E-state index contributed by atoms with van der Waals surface area (Å²) in [7, 11) is 3.89. The summed E-state index contributed by atoms with van der Waals surface area (Å²) < 4.78 is 5.07. The number of hydrogen-bond acceptors (Lipinski definition) is 3. The van der Waals surface area contributed by atoms with Crippen LogP contribution < -0.4 is 5.32 Å². The van der Waals surface area contributed by atoms with Crippen molar-refractivity contribution in [2.45, 2.75) is 45.7 Å². The van der Waals surface area contributed by atoms with E-state index in [0.717, 1.165) is 26.1 Å². The second-order valence-corrected chi connectivity index (χ2v) is 4.94. The van der Waals surface area contributed by atoms with Gasteiger partial charge in [0.2, 0.25) is 0 Å². The number of rotatable bonds is 8. The number of nitrogens with one attached hydrogen (secondary N) is 1. The monoisotopic (exact) mass is 216 g/mol. The molecule has 0 aromatic rings. The minimum absolute atomic E-state index is 0.246. The topological polar surface area (TPSA) is 24.5 Å². The van der Waals surface area contributed by atoms with E-state index < -0.39 is 0 Å². The van der Waals surface area contributed by atoms with Gasteiger partial charge in [-0.1, -0.05) is 6.92 Å². The molecule has 0 saturated carbocycles. The maximum absolute atomic E-state index is 5.07. The molecule has 0 aliphatic carbocycles. The molecular weight excluding hydrogens is 188 g/mol. The Labute approximate surface area is 95.2 Å². The zero-order valence-electron chi connectivity index (χ0n) is 11.3. The lowest BCUT2D eigenvalue weighted by atomic mass is 10.0. The van der Waals surface area contributed by atoms with Gasteiger partial charge in [-0.3, -0.25) is 0 Å². The zero-order chi connectivity index (χ0) is 11.9. The van der Waals surface area contributed by atoms with Gasteiger partial charge in [0.1, 0.15) is 0 Å². The summed E-state index contributed by atoms with van der Waals surface area (Å²) in [5, 5.41) is 3.58. The average Bonchev–Trinajstić information content (AvgIpc) is 2.22. The van der Waals surface area contributed by atoms with Gasteiger partial charge in [-0.15, -0.1) is 0 Å². The van der Waals surface area contributed by atoms with E-state index in [1.54, 1.807) is 7.11 Å². The van der Waals surface area contributed by atoms with Crippen molar-refractivity contribution in [3.05, 3.63) is 0 Å². The summed E-state index contributed by atoms with van der Waals surface area (Å²) in [6.07, 6.45) is 1.15. The molecule has 1 atom stereocenters. The smallest absolute Gasteiger partial charge is 0.0589 e. The summed E-state index contributed by atoms with van der Waals surface area (Å²) in [6, 6.07) is 0.547. The lowest BCUT2D eigenvalue weighted by Gasteiger charge is -2.30. The van der Waals surface area contributed by atoms with Crippen molar-refractivity contribution < 1.29 is 4.74 Å². The van der Waals surface area contributed by atoms with Gasteiger partial charge < -0.3 is 15.0 Å². The van der Waals surface area contributed by atoms with Crippen LogP contribution in [0.4, 0.5) is 0 Å². The van der Waals surface area contributed by atoms with Crippen LogP contribution in [0, 0.1) is 0 Å². The van der Waals surface area contributed by atoms with E-state index >= 15 is 0 Å². The standard InChI is InChI=1S/C12H28N2O/c1-7-12(3,4)13-10-11(2)14(5)8-9-15-6/h11,13H,7-10H2,1-6H3. The Morgan fingerprint density at radius 1 is 1.40 bits per heavy atom. The molecule has 15 heavy (non-hydrogen) atoms. The predicted octanol–water partition coefficient (Wildman–Crippen LogP) is 1.73. The largest absolute Gasteiger partial charge is 0.383 e. The molecule has 0 saturated heterocycles. The minimum atomic E-state index is 0.246. The van der Waals surface area contributed by atoms with Crippen molar-refractivity contribution in [2.75, 3.05) is 33.9 Å². The molecule has 0 radical (unpaired) electrons. The molecule has 1 N–H and O–H groups in total. The highest BCUT2D eigenvalue weighted by Gasteiger charge is 2.16. The molecule has 3 heteroatoms. The van der Waals surface area contributed by atoms with E-state index in [9.17, 15) is 0 Å². The van der Waals surface area contributed by atoms with E-state index in [4.69, 9.17) is 4.74 Å². The van der Waals surface area contributed by atoms with Crippen LogP contribution in [0.2, 0.25) is 0 Å². The normalized spacial score (nSPS) is 14.6.